The molecule has 8 heteroatoms. The molecule has 1 amide bonds. The number of carbonyl (C=O) groups excluding carboxylic acids is 1. The second kappa shape index (κ2) is 10.0. The number of rotatable bonds is 6. The predicted molar refractivity (Wildman–Crippen MR) is 126 cm³/mol. The summed E-state index contributed by atoms with van der Waals surface area (Å²) in [6, 6.07) is 18.7. The number of aromatic hydroxyl groups is 1. The van der Waals surface area contributed by atoms with Crippen LogP contribution in [0.15, 0.2) is 89.1 Å². The Kier molecular flexibility index (Phi) is 6.91. The van der Waals surface area contributed by atoms with E-state index in [1.165, 1.54) is 12.1 Å². The van der Waals surface area contributed by atoms with Gasteiger partial charge in [-0.1, -0.05) is 30.3 Å². The Bertz CT molecular complexity index is 1280. The third-order valence-electron chi connectivity index (χ3n) is 5.65. The summed E-state index contributed by atoms with van der Waals surface area (Å²) in [5, 5.41) is 12.2. The lowest BCUT2D eigenvalue weighted by molar-refractivity contribution is -0.137. The molecule has 0 fully saturated rings. The predicted octanol–water partition coefficient (Wildman–Crippen LogP) is 5.69. The first-order valence-electron chi connectivity index (χ1n) is 10.9. The van der Waals surface area contributed by atoms with Crippen molar-refractivity contribution in [1.82, 2.24) is 5.32 Å². The highest BCUT2D eigenvalue weighted by Gasteiger charge is 2.31. The second-order valence-electron chi connectivity index (χ2n) is 8.19. The molecule has 0 spiro atoms. The van der Waals surface area contributed by atoms with Gasteiger partial charge in [0.2, 0.25) is 0 Å². The van der Waals surface area contributed by atoms with Gasteiger partial charge in [0.25, 0.3) is 5.91 Å². The monoisotopic (exact) mass is 480 g/mol. The average Bonchev–Trinajstić information content (AvgIpc) is 3.20. The SMILES string of the molecule is COc1ccc(CC2=C(Cc3ccc(O)cc3)CC(NC(=O)c3cccc(C(F)(F)F)c3)=N2)cc1. The number of hydrogen-bond acceptors (Lipinski definition) is 4. The zero-order valence-corrected chi connectivity index (χ0v) is 18.9. The summed E-state index contributed by atoms with van der Waals surface area (Å²) >= 11 is 0. The number of hydrogen-bond donors (Lipinski definition) is 2. The van der Waals surface area contributed by atoms with Crippen LogP contribution in [0.1, 0.15) is 33.5 Å². The van der Waals surface area contributed by atoms with E-state index in [1.54, 1.807) is 19.2 Å². The zero-order valence-electron chi connectivity index (χ0n) is 18.9. The molecule has 3 aromatic carbocycles. The molecule has 2 N–H and O–H groups in total. The van der Waals surface area contributed by atoms with Gasteiger partial charge in [0.15, 0.2) is 0 Å². The number of alkyl halides is 3. The van der Waals surface area contributed by atoms with Gasteiger partial charge >= 0.3 is 6.18 Å². The van der Waals surface area contributed by atoms with E-state index in [-0.39, 0.29) is 11.3 Å². The van der Waals surface area contributed by atoms with Crippen molar-refractivity contribution in [3.05, 3.63) is 106 Å². The first-order valence-corrected chi connectivity index (χ1v) is 10.9. The van der Waals surface area contributed by atoms with Crippen molar-refractivity contribution in [3.63, 3.8) is 0 Å². The Labute approximate surface area is 200 Å². The molecule has 0 aliphatic carbocycles. The van der Waals surface area contributed by atoms with Gasteiger partial charge in [-0.05, 0) is 65.6 Å². The Morgan fingerprint density at radius 1 is 1.00 bits per heavy atom. The van der Waals surface area contributed by atoms with E-state index < -0.39 is 17.6 Å². The van der Waals surface area contributed by atoms with Gasteiger partial charge in [0, 0.05) is 24.1 Å². The highest BCUT2D eigenvalue weighted by Crippen LogP contribution is 2.30. The minimum atomic E-state index is -4.54. The number of aliphatic imine (C=N–C) groups is 1. The van der Waals surface area contributed by atoms with Gasteiger partial charge in [-0.15, -0.1) is 0 Å². The van der Waals surface area contributed by atoms with E-state index in [4.69, 9.17) is 4.74 Å². The van der Waals surface area contributed by atoms with Crippen molar-refractivity contribution < 1.29 is 27.8 Å². The summed E-state index contributed by atoms with van der Waals surface area (Å²) in [6.07, 6.45) is -3.11. The Morgan fingerprint density at radius 3 is 2.31 bits per heavy atom. The van der Waals surface area contributed by atoms with E-state index in [2.05, 4.69) is 10.3 Å². The van der Waals surface area contributed by atoms with Crippen LogP contribution in [-0.4, -0.2) is 24.0 Å². The molecule has 0 radical (unpaired) electrons. The van der Waals surface area contributed by atoms with E-state index in [0.717, 1.165) is 40.3 Å². The lowest BCUT2D eigenvalue weighted by Crippen LogP contribution is -2.30. The van der Waals surface area contributed by atoms with Gasteiger partial charge in [-0.25, -0.2) is 4.99 Å². The van der Waals surface area contributed by atoms with Gasteiger partial charge in [0.1, 0.15) is 17.3 Å². The minimum Gasteiger partial charge on any atom is -0.508 e. The van der Waals surface area contributed by atoms with Crippen molar-refractivity contribution in [1.29, 1.82) is 0 Å². The van der Waals surface area contributed by atoms with Gasteiger partial charge in [-0.3, -0.25) is 4.79 Å². The Balaban J connectivity index is 1.55. The topological polar surface area (TPSA) is 70.9 Å². The summed E-state index contributed by atoms with van der Waals surface area (Å²) in [5.74, 6) is 0.628. The number of amides is 1. The second-order valence-corrected chi connectivity index (χ2v) is 8.19. The first kappa shape index (κ1) is 24.1. The molecular weight excluding hydrogens is 457 g/mol. The molecule has 1 aliphatic heterocycles. The minimum absolute atomic E-state index is 0.0915. The molecule has 5 nitrogen and oxygen atoms in total. The van der Waals surface area contributed by atoms with Crippen LogP contribution in [0.5, 0.6) is 11.5 Å². The van der Waals surface area contributed by atoms with Crippen molar-refractivity contribution in [2.75, 3.05) is 7.11 Å². The molecule has 1 heterocycles. The molecule has 0 aromatic heterocycles. The highest BCUT2D eigenvalue weighted by atomic mass is 19.4. The number of halogens is 3. The van der Waals surface area contributed by atoms with Crippen LogP contribution in [0.2, 0.25) is 0 Å². The summed E-state index contributed by atoms with van der Waals surface area (Å²) in [5.41, 5.74) is 2.74. The van der Waals surface area contributed by atoms with Gasteiger partial charge in [0.05, 0.1) is 12.7 Å². The van der Waals surface area contributed by atoms with Crippen molar-refractivity contribution in [3.8, 4) is 11.5 Å². The third-order valence-corrected chi connectivity index (χ3v) is 5.65. The van der Waals surface area contributed by atoms with Crippen LogP contribution >= 0.6 is 0 Å². The number of amidine groups is 1. The number of nitrogens with zero attached hydrogens (tertiary/aromatic N) is 1. The molecule has 0 atom stereocenters. The maximum atomic E-state index is 13.0. The zero-order chi connectivity index (χ0) is 25.0. The van der Waals surface area contributed by atoms with E-state index in [1.807, 2.05) is 36.4 Å². The Hall–Kier alpha value is -4.07. The molecule has 3 aromatic rings. The number of ether oxygens (including phenoxy) is 1. The molecule has 0 saturated carbocycles. The molecule has 4 rings (SSSR count). The molecule has 0 unspecified atom stereocenters. The van der Waals surface area contributed by atoms with Crippen LogP contribution in [0.4, 0.5) is 13.2 Å². The summed E-state index contributed by atoms with van der Waals surface area (Å²) < 4.78 is 44.3. The Morgan fingerprint density at radius 2 is 1.66 bits per heavy atom. The number of carbonyl (C=O) groups is 1. The molecule has 180 valence electrons. The summed E-state index contributed by atoms with van der Waals surface area (Å²) in [6.45, 7) is 0. The van der Waals surface area contributed by atoms with E-state index in [9.17, 15) is 23.1 Å². The number of allylic oxidation sites excluding steroid dienone is 1. The standard InChI is InChI=1S/C27H23F3N2O3/c1-35-23-11-7-18(8-12-23)14-24-20(13-17-5-9-22(33)10-6-17)16-25(31-24)32-26(34)19-3-2-4-21(15-19)27(28,29)30/h2-12,15,33H,13-14,16H2,1H3,(H,31,32,34). The number of benzene rings is 3. The van der Waals surface area contributed by atoms with Gasteiger partial charge < -0.3 is 15.2 Å². The lowest BCUT2D eigenvalue weighted by atomic mass is 9.99. The van der Waals surface area contributed by atoms with Crippen molar-refractivity contribution in [2.45, 2.75) is 25.4 Å². The van der Waals surface area contributed by atoms with Crippen LogP contribution in [0.25, 0.3) is 0 Å². The molecule has 1 aliphatic rings. The number of phenolic OH excluding ortho intramolecular Hbond substituents is 1. The molecule has 35 heavy (non-hydrogen) atoms. The average molecular weight is 480 g/mol. The quantitative estimate of drug-likeness (QED) is 0.476. The van der Waals surface area contributed by atoms with Crippen LogP contribution < -0.4 is 10.1 Å². The smallest absolute Gasteiger partial charge is 0.416 e. The normalized spacial score (nSPS) is 13.5. The first-order chi connectivity index (χ1) is 16.7. The van der Waals surface area contributed by atoms with E-state index >= 15 is 0 Å². The maximum absolute atomic E-state index is 13.0. The summed E-state index contributed by atoms with van der Waals surface area (Å²) in [4.78, 5) is 17.3. The lowest BCUT2D eigenvalue weighted by Gasteiger charge is -2.10. The maximum Gasteiger partial charge on any atom is 0.416 e. The fourth-order valence-corrected chi connectivity index (χ4v) is 3.82. The molecule has 0 saturated heterocycles. The number of methoxy groups -OCH3 is 1. The highest BCUT2D eigenvalue weighted by molar-refractivity contribution is 6.08. The fraction of sp³-hybridized carbons (Fsp3) is 0.185. The van der Waals surface area contributed by atoms with E-state index in [0.29, 0.717) is 25.1 Å². The molecule has 0 bridgehead atoms. The number of phenols is 1. The molecular formula is C27H23F3N2O3. The number of nitrogens with one attached hydrogen (secondary N) is 1. The van der Waals surface area contributed by atoms with Crippen molar-refractivity contribution in [2.24, 2.45) is 4.99 Å². The van der Waals surface area contributed by atoms with Gasteiger partial charge in [-0.2, -0.15) is 13.2 Å². The van der Waals surface area contributed by atoms with Crippen LogP contribution in [0.3, 0.4) is 0 Å². The third kappa shape index (κ3) is 6.09. The largest absolute Gasteiger partial charge is 0.508 e. The van der Waals surface area contributed by atoms with Crippen molar-refractivity contribution >= 4 is 11.7 Å². The van der Waals surface area contributed by atoms with Crippen LogP contribution in [-0.2, 0) is 19.0 Å². The fourth-order valence-electron chi connectivity index (χ4n) is 3.82. The summed E-state index contributed by atoms with van der Waals surface area (Å²) in [7, 11) is 1.59. The van der Waals surface area contributed by atoms with Crippen LogP contribution in [0, 0.1) is 0 Å².